The molecule has 0 spiro atoms. The fraction of sp³-hybridized carbons (Fsp3) is 0.632. The van der Waals surface area contributed by atoms with E-state index in [1.165, 1.54) is 24.8 Å². The van der Waals surface area contributed by atoms with E-state index in [9.17, 15) is 4.79 Å². The molecule has 3 nitrogen and oxygen atoms in total. The van der Waals surface area contributed by atoms with Crippen molar-refractivity contribution in [2.24, 2.45) is 11.8 Å². The number of piperidine rings is 1. The predicted octanol–water partition coefficient (Wildman–Crippen LogP) is 3.21. The van der Waals surface area contributed by atoms with Gasteiger partial charge in [0.05, 0.1) is 5.54 Å². The van der Waals surface area contributed by atoms with Crippen LogP contribution in [0.25, 0.3) is 0 Å². The molecule has 1 atom stereocenters. The van der Waals surface area contributed by atoms with Crippen molar-refractivity contribution in [1.82, 2.24) is 10.6 Å². The van der Waals surface area contributed by atoms with Gasteiger partial charge in [0, 0.05) is 6.42 Å². The Hall–Kier alpha value is -1.35. The molecule has 22 heavy (non-hydrogen) atoms. The van der Waals surface area contributed by atoms with Crippen LogP contribution in [0.4, 0.5) is 0 Å². The molecule has 2 N–H and O–H groups in total. The number of amides is 1. The van der Waals surface area contributed by atoms with Crippen molar-refractivity contribution in [3.63, 3.8) is 0 Å². The molecule has 1 aromatic rings. The van der Waals surface area contributed by atoms with Crippen molar-refractivity contribution in [3.05, 3.63) is 35.9 Å². The zero-order valence-electron chi connectivity index (χ0n) is 13.6. The summed E-state index contributed by atoms with van der Waals surface area (Å²) < 4.78 is 0. The number of rotatable bonds is 5. The van der Waals surface area contributed by atoms with Gasteiger partial charge in [0.25, 0.3) is 0 Å². The van der Waals surface area contributed by atoms with Crippen molar-refractivity contribution < 1.29 is 4.79 Å². The quantitative estimate of drug-likeness (QED) is 0.876. The summed E-state index contributed by atoms with van der Waals surface area (Å²) in [6.07, 6.45) is 6.43. The second-order valence-corrected chi connectivity index (χ2v) is 7.12. The molecule has 1 saturated carbocycles. The minimum absolute atomic E-state index is 0.0911. The van der Waals surface area contributed by atoms with E-state index in [2.05, 4.69) is 41.8 Å². The van der Waals surface area contributed by atoms with Gasteiger partial charge in [-0.15, -0.1) is 0 Å². The monoisotopic (exact) mass is 300 g/mol. The van der Waals surface area contributed by atoms with E-state index >= 15 is 0 Å². The Balaban J connectivity index is 1.58. The maximum Gasteiger partial charge on any atom is 0.220 e. The number of carbonyl (C=O) groups excluding carboxylic acids is 1. The molecule has 120 valence electrons. The molecule has 1 amide bonds. The molecule has 1 aliphatic carbocycles. The molecule has 0 bridgehead atoms. The normalized spacial score (nSPS) is 22.6. The van der Waals surface area contributed by atoms with Crippen molar-refractivity contribution in [2.75, 3.05) is 13.1 Å². The lowest BCUT2D eigenvalue weighted by molar-refractivity contribution is -0.125. The van der Waals surface area contributed by atoms with Crippen LogP contribution in [0.15, 0.2) is 30.3 Å². The van der Waals surface area contributed by atoms with E-state index in [1.54, 1.807) is 0 Å². The highest BCUT2D eigenvalue weighted by molar-refractivity contribution is 5.77. The molecule has 1 aromatic carbocycles. The first-order chi connectivity index (χ1) is 10.7. The number of hydrogen-bond donors (Lipinski definition) is 2. The Morgan fingerprint density at radius 3 is 2.55 bits per heavy atom. The molecule has 0 aromatic heterocycles. The fourth-order valence-electron chi connectivity index (χ4n) is 3.96. The molecule has 1 heterocycles. The van der Waals surface area contributed by atoms with E-state index in [4.69, 9.17) is 0 Å². The van der Waals surface area contributed by atoms with E-state index in [0.29, 0.717) is 18.3 Å². The highest BCUT2D eigenvalue weighted by atomic mass is 16.1. The third kappa shape index (κ3) is 3.35. The van der Waals surface area contributed by atoms with E-state index < -0.39 is 0 Å². The highest BCUT2D eigenvalue weighted by Crippen LogP contribution is 2.41. The van der Waals surface area contributed by atoms with Gasteiger partial charge in [0.15, 0.2) is 0 Å². The van der Waals surface area contributed by atoms with Gasteiger partial charge in [-0.2, -0.15) is 0 Å². The van der Waals surface area contributed by atoms with Crippen LogP contribution in [-0.4, -0.2) is 19.0 Å². The molecule has 3 heteroatoms. The predicted molar refractivity (Wildman–Crippen MR) is 89.5 cm³/mol. The molecular formula is C19H28N2O. The van der Waals surface area contributed by atoms with E-state index in [0.717, 1.165) is 25.9 Å². The van der Waals surface area contributed by atoms with E-state index in [1.807, 2.05) is 6.07 Å². The lowest BCUT2D eigenvalue weighted by atomic mass is 9.71. The van der Waals surface area contributed by atoms with Gasteiger partial charge in [0.1, 0.15) is 0 Å². The fourth-order valence-corrected chi connectivity index (χ4v) is 3.96. The smallest absolute Gasteiger partial charge is 0.220 e. The molecule has 1 saturated heterocycles. The van der Waals surface area contributed by atoms with Crippen LogP contribution in [0.1, 0.15) is 51.0 Å². The average Bonchev–Trinajstić information content (AvgIpc) is 2.52. The molecule has 3 rings (SSSR count). The second-order valence-electron chi connectivity index (χ2n) is 7.12. The Morgan fingerprint density at radius 2 is 1.95 bits per heavy atom. The molecule has 1 unspecified atom stereocenters. The van der Waals surface area contributed by atoms with Crippen LogP contribution >= 0.6 is 0 Å². The van der Waals surface area contributed by atoms with Crippen LogP contribution in [0.5, 0.6) is 0 Å². The van der Waals surface area contributed by atoms with E-state index in [-0.39, 0.29) is 11.4 Å². The molecule has 2 aliphatic rings. The Bertz CT molecular complexity index is 489. The summed E-state index contributed by atoms with van der Waals surface area (Å²) in [5.74, 6) is 1.41. The Kier molecular flexibility index (Phi) is 4.82. The van der Waals surface area contributed by atoms with Crippen molar-refractivity contribution in [3.8, 4) is 0 Å². The molecule has 2 fully saturated rings. The van der Waals surface area contributed by atoms with Gasteiger partial charge in [0.2, 0.25) is 5.91 Å². The SMILES string of the molecule is CC(CC(=O)NC1(c2ccccc2)CCC1)C1CCNCC1. The first-order valence-electron chi connectivity index (χ1n) is 8.77. The Labute approximate surface area is 133 Å². The maximum atomic E-state index is 12.6. The van der Waals surface area contributed by atoms with Crippen LogP contribution < -0.4 is 10.6 Å². The van der Waals surface area contributed by atoms with Gasteiger partial charge in [-0.3, -0.25) is 4.79 Å². The van der Waals surface area contributed by atoms with Crippen molar-refractivity contribution in [1.29, 1.82) is 0 Å². The van der Waals surface area contributed by atoms with Gasteiger partial charge < -0.3 is 10.6 Å². The zero-order chi connectivity index (χ0) is 15.4. The maximum absolute atomic E-state index is 12.6. The Morgan fingerprint density at radius 1 is 1.27 bits per heavy atom. The van der Waals surface area contributed by atoms with Crippen LogP contribution in [0, 0.1) is 11.8 Å². The summed E-state index contributed by atoms with van der Waals surface area (Å²) in [6.45, 7) is 4.45. The third-order valence-electron chi connectivity index (χ3n) is 5.61. The molecule has 0 radical (unpaired) electrons. The first-order valence-corrected chi connectivity index (χ1v) is 8.77. The minimum Gasteiger partial charge on any atom is -0.347 e. The highest BCUT2D eigenvalue weighted by Gasteiger charge is 2.40. The topological polar surface area (TPSA) is 41.1 Å². The average molecular weight is 300 g/mol. The minimum atomic E-state index is -0.0911. The van der Waals surface area contributed by atoms with Gasteiger partial charge in [-0.1, -0.05) is 37.3 Å². The van der Waals surface area contributed by atoms with Crippen LogP contribution in [-0.2, 0) is 10.3 Å². The van der Waals surface area contributed by atoms with Crippen LogP contribution in [0.2, 0.25) is 0 Å². The summed E-state index contributed by atoms with van der Waals surface area (Å²) in [5.41, 5.74) is 1.18. The number of carbonyl (C=O) groups is 1. The number of hydrogen-bond acceptors (Lipinski definition) is 2. The summed E-state index contributed by atoms with van der Waals surface area (Å²) in [4.78, 5) is 12.6. The summed E-state index contributed by atoms with van der Waals surface area (Å²) >= 11 is 0. The summed E-state index contributed by atoms with van der Waals surface area (Å²) in [5, 5.41) is 6.76. The third-order valence-corrected chi connectivity index (χ3v) is 5.61. The number of nitrogens with one attached hydrogen (secondary N) is 2. The lowest BCUT2D eigenvalue weighted by Gasteiger charge is -2.43. The first kappa shape index (κ1) is 15.5. The van der Waals surface area contributed by atoms with Crippen molar-refractivity contribution >= 4 is 5.91 Å². The van der Waals surface area contributed by atoms with Gasteiger partial charge in [-0.25, -0.2) is 0 Å². The van der Waals surface area contributed by atoms with Gasteiger partial charge >= 0.3 is 0 Å². The van der Waals surface area contributed by atoms with Gasteiger partial charge in [-0.05, 0) is 62.6 Å². The zero-order valence-corrected chi connectivity index (χ0v) is 13.6. The second kappa shape index (κ2) is 6.82. The standard InChI is InChI=1S/C19H28N2O/c1-15(16-8-12-20-13-9-16)14-18(22)21-19(10-5-11-19)17-6-3-2-4-7-17/h2-4,6-7,15-16,20H,5,8-14H2,1H3,(H,21,22). The molecule has 1 aliphatic heterocycles. The summed E-state index contributed by atoms with van der Waals surface area (Å²) in [6, 6.07) is 10.5. The van der Waals surface area contributed by atoms with Crippen LogP contribution in [0.3, 0.4) is 0 Å². The summed E-state index contributed by atoms with van der Waals surface area (Å²) in [7, 11) is 0. The lowest BCUT2D eigenvalue weighted by Crippen LogP contribution is -2.51. The largest absolute Gasteiger partial charge is 0.347 e. The van der Waals surface area contributed by atoms with Crippen molar-refractivity contribution in [2.45, 2.75) is 51.0 Å². The number of benzene rings is 1. The molecular weight excluding hydrogens is 272 g/mol.